The minimum atomic E-state index is -3.71. The van der Waals surface area contributed by atoms with Crippen molar-refractivity contribution in [2.75, 3.05) is 6.54 Å². The second kappa shape index (κ2) is 8.46. The smallest absolute Gasteiger partial charge is 0.299 e. The third-order valence-corrected chi connectivity index (χ3v) is 4.53. The molecule has 0 saturated heterocycles. The van der Waals surface area contributed by atoms with Crippen molar-refractivity contribution in [3.8, 4) is 0 Å². The second-order valence-electron chi connectivity index (χ2n) is 6.51. The number of nitrogens with zero attached hydrogens (tertiary/aromatic N) is 4. The van der Waals surface area contributed by atoms with E-state index in [9.17, 15) is 8.78 Å². The monoisotopic (exact) mass is 418 g/mol. The van der Waals surface area contributed by atoms with Crippen molar-refractivity contribution in [1.29, 1.82) is 0 Å². The Hall–Kier alpha value is -3.53. The molecule has 4 N–H and O–H groups in total. The van der Waals surface area contributed by atoms with Gasteiger partial charge in [0.25, 0.3) is 5.92 Å². The van der Waals surface area contributed by atoms with E-state index < -0.39 is 41.3 Å². The van der Waals surface area contributed by atoms with Crippen molar-refractivity contribution >= 4 is 23.4 Å². The zero-order valence-electron chi connectivity index (χ0n) is 15.6. The maximum absolute atomic E-state index is 15.5. The molecule has 3 rings (SSSR count). The highest BCUT2D eigenvalue weighted by Gasteiger charge is 2.46. The van der Waals surface area contributed by atoms with E-state index in [1.807, 2.05) is 0 Å². The topological polar surface area (TPSA) is 93.4 Å². The Labute approximate surface area is 169 Å². The molecule has 0 bridgehead atoms. The number of hydrogen-bond acceptors (Lipinski definition) is 5. The Kier molecular flexibility index (Phi) is 5.97. The standard InChI is InChI=1S/C20H18F4N6/c1-2-12-3-6-17-18(7-12)27-9-19(29-17)20(23,24)15(10-30(26)11-28-25)14-5-4-13(21)8-16(14)22/h2-9,11,15H,1,10,25-26H2/b28-11-. The van der Waals surface area contributed by atoms with E-state index in [1.54, 1.807) is 18.2 Å². The van der Waals surface area contributed by atoms with Gasteiger partial charge in [0.2, 0.25) is 0 Å². The zero-order chi connectivity index (χ0) is 21.9. The highest BCUT2D eigenvalue weighted by atomic mass is 19.3. The quantitative estimate of drug-likeness (QED) is 0.201. The number of benzene rings is 2. The molecule has 156 valence electrons. The van der Waals surface area contributed by atoms with Crippen molar-refractivity contribution in [3.63, 3.8) is 0 Å². The molecule has 0 aliphatic carbocycles. The Morgan fingerprint density at radius 2 is 1.93 bits per heavy atom. The number of nitrogens with two attached hydrogens (primary N) is 2. The Morgan fingerprint density at radius 1 is 1.17 bits per heavy atom. The van der Waals surface area contributed by atoms with Crippen LogP contribution in [-0.4, -0.2) is 27.9 Å². The van der Waals surface area contributed by atoms with Gasteiger partial charge in [-0.3, -0.25) is 9.99 Å². The number of halogens is 4. The van der Waals surface area contributed by atoms with Crippen LogP contribution in [0.5, 0.6) is 0 Å². The third-order valence-electron chi connectivity index (χ3n) is 4.53. The van der Waals surface area contributed by atoms with Crippen LogP contribution in [0.15, 0.2) is 54.3 Å². The fraction of sp³-hybridized carbons (Fsp3) is 0.150. The Balaban J connectivity index is 2.10. The summed E-state index contributed by atoms with van der Waals surface area (Å²) in [7, 11) is 0. The van der Waals surface area contributed by atoms with E-state index in [0.29, 0.717) is 11.6 Å². The van der Waals surface area contributed by atoms with Crippen molar-refractivity contribution in [3.05, 3.63) is 77.6 Å². The summed E-state index contributed by atoms with van der Waals surface area (Å²) in [5.41, 5.74) is 0.248. The van der Waals surface area contributed by atoms with Crippen LogP contribution >= 0.6 is 0 Å². The average molecular weight is 418 g/mol. The highest BCUT2D eigenvalue weighted by Crippen LogP contribution is 2.42. The second-order valence-corrected chi connectivity index (χ2v) is 6.51. The molecule has 0 aliphatic heterocycles. The van der Waals surface area contributed by atoms with E-state index in [4.69, 9.17) is 11.7 Å². The van der Waals surface area contributed by atoms with Gasteiger partial charge in [-0.25, -0.2) is 19.6 Å². The van der Waals surface area contributed by atoms with Crippen LogP contribution in [0.2, 0.25) is 0 Å². The van der Waals surface area contributed by atoms with Gasteiger partial charge in [0.1, 0.15) is 23.7 Å². The molecule has 0 aliphatic rings. The van der Waals surface area contributed by atoms with Gasteiger partial charge in [0, 0.05) is 12.6 Å². The molecule has 1 aromatic heterocycles. The van der Waals surface area contributed by atoms with Gasteiger partial charge in [0.15, 0.2) is 0 Å². The molecule has 10 heteroatoms. The first-order valence-corrected chi connectivity index (χ1v) is 8.73. The summed E-state index contributed by atoms with van der Waals surface area (Å²) in [5.74, 6) is 3.06. The summed E-state index contributed by atoms with van der Waals surface area (Å²) in [6.45, 7) is 3.06. The van der Waals surface area contributed by atoms with Gasteiger partial charge in [-0.1, -0.05) is 24.8 Å². The van der Waals surface area contributed by atoms with E-state index >= 15 is 8.78 Å². The largest absolute Gasteiger partial charge is 0.322 e. The van der Waals surface area contributed by atoms with Crippen molar-refractivity contribution < 1.29 is 17.6 Å². The van der Waals surface area contributed by atoms with Gasteiger partial charge >= 0.3 is 0 Å². The number of rotatable bonds is 7. The lowest BCUT2D eigenvalue weighted by Gasteiger charge is -2.29. The summed E-state index contributed by atoms with van der Waals surface area (Å²) in [5, 5.41) is 3.96. The molecule has 0 fully saturated rings. The Morgan fingerprint density at radius 3 is 2.60 bits per heavy atom. The van der Waals surface area contributed by atoms with Gasteiger partial charge in [-0.05, 0) is 29.3 Å². The summed E-state index contributed by atoms with van der Waals surface area (Å²) < 4.78 is 58.8. The summed E-state index contributed by atoms with van der Waals surface area (Å²) >= 11 is 0. The van der Waals surface area contributed by atoms with E-state index in [2.05, 4.69) is 21.6 Å². The number of hydrazone groups is 1. The van der Waals surface area contributed by atoms with Crippen molar-refractivity contribution in [2.45, 2.75) is 11.8 Å². The van der Waals surface area contributed by atoms with Crippen LogP contribution in [0.1, 0.15) is 22.7 Å². The first-order chi connectivity index (χ1) is 14.3. The molecule has 30 heavy (non-hydrogen) atoms. The molecule has 3 aromatic rings. The maximum Gasteiger partial charge on any atom is 0.299 e. The zero-order valence-corrected chi connectivity index (χ0v) is 15.6. The first-order valence-electron chi connectivity index (χ1n) is 8.73. The van der Waals surface area contributed by atoms with Crippen LogP contribution in [0.3, 0.4) is 0 Å². The highest BCUT2D eigenvalue weighted by molar-refractivity contribution is 5.77. The van der Waals surface area contributed by atoms with Crippen LogP contribution in [0.4, 0.5) is 17.6 Å². The van der Waals surface area contributed by atoms with E-state index in [-0.39, 0.29) is 5.52 Å². The summed E-state index contributed by atoms with van der Waals surface area (Å²) in [6, 6.07) is 7.20. The van der Waals surface area contributed by atoms with Gasteiger partial charge in [-0.2, -0.15) is 13.9 Å². The molecule has 0 saturated carbocycles. The molecule has 0 radical (unpaired) electrons. The number of fused-ring (bicyclic) bond motifs is 1. The normalized spacial score (nSPS) is 13.0. The van der Waals surface area contributed by atoms with Gasteiger partial charge < -0.3 is 5.84 Å². The molecule has 1 atom stereocenters. The molecular formula is C20H18F4N6. The van der Waals surface area contributed by atoms with Gasteiger partial charge in [0.05, 0.1) is 23.1 Å². The van der Waals surface area contributed by atoms with E-state index in [1.165, 1.54) is 6.07 Å². The van der Waals surface area contributed by atoms with Crippen LogP contribution in [0.25, 0.3) is 17.1 Å². The molecule has 1 unspecified atom stereocenters. The number of hydrogen-bond donors (Lipinski definition) is 2. The fourth-order valence-electron chi connectivity index (χ4n) is 3.03. The first kappa shape index (κ1) is 21.2. The molecule has 1 heterocycles. The van der Waals surface area contributed by atoms with Crippen molar-refractivity contribution in [2.24, 2.45) is 16.8 Å². The number of aromatic nitrogens is 2. The fourth-order valence-corrected chi connectivity index (χ4v) is 3.03. The Bertz CT molecular complexity index is 1100. The molecule has 6 nitrogen and oxygen atoms in total. The number of alkyl halides is 2. The third kappa shape index (κ3) is 4.23. The summed E-state index contributed by atoms with van der Waals surface area (Å²) in [6.07, 6.45) is 3.42. The van der Waals surface area contributed by atoms with Crippen LogP contribution in [0, 0.1) is 11.6 Å². The van der Waals surface area contributed by atoms with Crippen LogP contribution < -0.4 is 11.7 Å². The number of hydrazine groups is 1. The lowest BCUT2D eigenvalue weighted by molar-refractivity contribution is -0.0443. The molecule has 0 amide bonds. The molecular weight excluding hydrogens is 400 g/mol. The molecule has 2 aromatic carbocycles. The van der Waals surface area contributed by atoms with Gasteiger partial charge in [-0.15, -0.1) is 0 Å². The minimum Gasteiger partial charge on any atom is -0.322 e. The SMILES string of the molecule is C=Cc1ccc2nc(C(F)(F)C(CN(N)/C=N\N)c3ccc(F)cc3F)cnc2c1. The lowest BCUT2D eigenvalue weighted by atomic mass is 9.89. The average Bonchev–Trinajstić information content (AvgIpc) is 2.71. The molecule has 0 spiro atoms. The predicted molar refractivity (Wildman–Crippen MR) is 106 cm³/mol. The van der Waals surface area contributed by atoms with Crippen LogP contribution in [-0.2, 0) is 5.92 Å². The lowest BCUT2D eigenvalue weighted by Crippen LogP contribution is -2.40. The minimum absolute atomic E-state index is 0.226. The van der Waals surface area contributed by atoms with E-state index in [0.717, 1.165) is 35.2 Å². The van der Waals surface area contributed by atoms with Crippen molar-refractivity contribution in [1.82, 2.24) is 15.0 Å². The summed E-state index contributed by atoms with van der Waals surface area (Å²) in [4.78, 5) is 8.06. The predicted octanol–water partition coefficient (Wildman–Crippen LogP) is 3.50. The maximum atomic E-state index is 15.5.